The van der Waals surface area contributed by atoms with Crippen LogP contribution < -0.4 is 5.32 Å². The van der Waals surface area contributed by atoms with Gasteiger partial charge in [-0.1, -0.05) is 6.07 Å². The summed E-state index contributed by atoms with van der Waals surface area (Å²) in [5.74, 6) is -0.684. The maximum absolute atomic E-state index is 12.0. The summed E-state index contributed by atoms with van der Waals surface area (Å²) in [4.78, 5) is 26.8. The number of rotatable bonds is 5. The molecule has 116 valence electrons. The van der Waals surface area contributed by atoms with Crippen molar-refractivity contribution in [2.75, 3.05) is 6.61 Å². The Kier molecular flexibility index (Phi) is 4.59. The molecule has 3 rings (SSSR count). The quantitative estimate of drug-likeness (QED) is 0.853. The first-order valence-corrected chi connectivity index (χ1v) is 8.94. The van der Waals surface area contributed by atoms with Crippen LogP contribution >= 0.6 is 22.7 Å². The van der Waals surface area contributed by atoms with Crippen molar-refractivity contribution in [1.82, 2.24) is 5.32 Å². The summed E-state index contributed by atoms with van der Waals surface area (Å²) in [5.41, 5.74) is 1.26. The van der Waals surface area contributed by atoms with E-state index in [2.05, 4.69) is 5.32 Å². The van der Waals surface area contributed by atoms with Crippen molar-refractivity contribution in [2.45, 2.75) is 32.2 Å². The number of amides is 1. The minimum absolute atomic E-state index is 0.0725. The Hall–Kier alpha value is -1.66. The minimum Gasteiger partial charge on any atom is -0.451 e. The largest absolute Gasteiger partial charge is 0.451 e. The highest BCUT2D eigenvalue weighted by Crippen LogP contribution is 2.30. The first-order chi connectivity index (χ1) is 10.6. The lowest BCUT2D eigenvalue weighted by Crippen LogP contribution is -2.30. The van der Waals surface area contributed by atoms with Gasteiger partial charge in [0.25, 0.3) is 5.91 Å². The third-order valence-electron chi connectivity index (χ3n) is 3.63. The summed E-state index contributed by atoms with van der Waals surface area (Å²) in [5, 5.41) is 4.79. The van der Waals surface area contributed by atoms with Gasteiger partial charge in [-0.05, 0) is 49.3 Å². The Morgan fingerprint density at radius 1 is 1.41 bits per heavy atom. The number of ether oxygens (including phenoxy) is 1. The molecule has 1 aliphatic carbocycles. The number of carbonyl (C=O) groups excluding carboxylic acids is 2. The molecule has 1 aliphatic rings. The van der Waals surface area contributed by atoms with Crippen LogP contribution in [0.25, 0.3) is 0 Å². The van der Waals surface area contributed by atoms with E-state index in [4.69, 9.17) is 4.74 Å². The lowest BCUT2D eigenvalue weighted by atomic mass is 10.2. The van der Waals surface area contributed by atoms with Gasteiger partial charge in [-0.25, -0.2) is 4.79 Å². The number of thiophene rings is 2. The molecule has 1 N–H and O–H groups in total. The predicted molar refractivity (Wildman–Crippen MR) is 87.5 cm³/mol. The molecular formula is C16H17NO3S2. The molecule has 0 fully saturated rings. The smallest absolute Gasteiger partial charge is 0.348 e. The van der Waals surface area contributed by atoms with Crippen molar-refractivity contribution in [2.24, 2.45) is 0 Å². The normalized spacial score (nSPS) is 14.4. The molecule has 4 nitrogen and oxygen atoms in total. The molecule has 2 aromatic heterocycles. The van der Waals surface area contributed by atoms with Gasteiger partial charge < -0.3 is 10.1 Å². The third-order valence-corrected chi connectivity index (χ3v) is 5.90. The lowest BCUT2D eigenvalue weighted by Gasteiger charge is -2.12. The van der Waals surface area contributed by atoms with Crippen LogP contribution in [0.4, 0.5) is 0 Å². The topological polar surface area (TPSA) is 55.4 Å². The van der Waals surface area contributed by atoms with E-state index in [1.54, 1.807) is 11.3 Å². The number of hydrogen-bond acceptors (Lipinski definition) is 5. The second-order valence-corrected chi connectivity index (χ2v) is 7.41. The number of hydrogen-bond donors (Lipinski definition) is 1. The summed E-state index contributed by atoms with van der Waals surface area (Å²) in [6.07, 6.45) is 3.25. The average molecular weight is 335 g/mol. The molecule has 2 aromatic rings. The fourth-order valence-electron chi connectivity index (χ4n) is 2.52. The Labute approximate surface area is 137 Å². The second kappa shape index (κ2) is 6.62. The molecular weight excluding hydrogens is 318 g/mol. The Balaban J connectivity index is 1.49. The summed E-state index contributed by atoms with van der Waals surface area (Å²) in [7, 11) is 0. The van der Waals surface area contributed by atoms with Gasteiger partial charge in [-0.3, -0.25) is 4.79 Å². The van der Waals surface area contributed by atoms with Crippen LogP contribution in [0.2, 0.25) is 0 Å². The van der Waals surface area contributed by atoms with Gasteiger partial charge in [-0.15, -0.1) is 22.7 Å². The van der Waals surface area contributed by atoms with Crippen molar-refractivity contribution >= 4 is 34.6 Å². The van der Waals surface area contributed by atoms with Crippen LogP contribution in [0.15, 0.2) is 23.6 Å². The Bertz CT molecular complexity index is 654. The molecule has 22 heavy (non-hydrogen) atoms. The fraction of sp³-hybridized carbons (Fsp3) is 0.375. The van der Waals surface area contributed by atoms with Gasteiger partial charge in [0.15, 0.2) is 6.61 Å². The van der Waals surface area contributed by atoms with E-state index in [1.165, 1.54) is 28.2 Å². The molecule has 6 heteroatoms. The van der Waals surface area contributed by atoms with E-state index in [-0.39, 0.29) is 18.6 Å². The van der Waals surface area contributed by atoms with Crippen LogP contribution in [0, 0.1) is 0 Å². The van der Waals surface area contributed by atoms with Gasteiger partial charge in [0, 0.05) is 9.75 Å². The molecule has 0 unspecified atom stereocenters. The SMILES string of the molecule is C[C@@H](NC(=O)COC(=O)c1cc2c(s1)CCC2)c1cccs1. The van der Waals surface area contributed by atoms with Gasteiger partial charge in [-0.2, -0.15) is 0 Å². The Morgan fingerprint density at radius 3 is 3.00 bits per heavy atom. The van der Waals surface area contributed by atoms with Crippen molar-refractivity contribution in [1.29, 1.82) is 0 Å². The average Bonchev–Trinajstić information content (AvgIpc) is 3.19. The van der Waals surface area contributed by atoms with Crippen molar-refractivity contribution in [3.8, 4) is 0 Å². The second-order valence-electron chi connectivity index (χ2n) is 5.29. The van der Waals surface area contributed by atoms with Crippen LogP contribution in [-0.2, 0) is 22.4 Å². The van der Waals surface area contributed by atoms with E-state index in [1.807, 2.05) is 30.5 Å². The summed E-state index contributed by atoms with van der Waals surface area (Å²) < 4.78 is 5.11. The predicted octanol–water partition coefficient (Wildman–Crippen LogP) is 3.33. The van der Waals surface area contributed by atoms with Gasteiger partial charge in [0.1, 0.15) is 4.88 Å². The van der Waals surface area contributed by atoms with E-state index in [9.17, 15) is 9.59 Å². The zero-order chi connectivity index (χ0) is 15.5. The van der Waals surface area contributed by atoms with Crippen LogP contribution in [-0.4, -0.2) is 18.5 Å². The van der Waals surface area contributed by atoms with Crippen LogP contribution in [0.1, 0.15) is 44.4 Å². The van der Waals surface area contributed by atoms with E-state index < -0.39 is 5.97 Å². The van der Waals surface area contributed by atoms with Crippen LogP contribution in [0.3, 0.4) is 0 Å². The first-order valence-electron chi connectivity index (χ1n) is 7.25. The molecule has 0 aromatic carbocycles. The highest BCUT2D eigenvalue weighted by atomic mass is 32.1. The van der Waals surface area contributed by atoms with Gasteiger partial charge in [0.2, 0.25) is 0 Å². The first kappa shape index (κ1) is 15.2. The summed E-state index contributed by atoms with van der Waals surface area (Å²) in [6.45, 7) is 1.67. The van der Waals surface area contributed by atoms with Crippen molar-refractivity contribution in [3.63, 3.8) is 0 Å². The zero-order valence-electron chi connectivity index (χ0n) is 12.3. The van der Waals surface area contributed by atoms with Crippen molar-refractivity contribution in [3.05, 3.63) is 43.8 Å². The number of aryl methyl sites for hydroxylation is 2. The fourth-order valence-corrected chi connectivity index (χ4v) is 4.41. The molecule has 1 atom stereocenters. The maximum atomic E-state index is 12.0. The summed E-state index contributed by atoms with van der Waals surface area (Å²) in [6, 6.07) is 5.74. The highest BCUT2D eigenvalue weighted by Gasteiger charge is 2.20. The number of nitrogens with one attached hydrogen (secondary N) is 1. The van der Waals surface area contributed by atoms with Gasteiger partial charge in [0.05, 0.1) is 6.04 Å². The number of fused-ring (bicyclic) bond motifs is 1. The van der Waals surface area contributed by atoms with Crippen LogP contribution in [0.5, 0.6) is 0 Å². The number of carbonyl (C=O) groups is 2. The van der Waals surface area contributed by atoms with E-state index in [0.29, 0.717) is 4.88 Å². The third kappa shape index (κ3) is 3.39. The highest BCUT2D eigenvalue weighted by molar-refractivity contribution is 7.14. The van der Waals surface area contributed by atoms with Gasteiger partial charge >= 0.3 is 5.97 Å². The minimum atomic E-state index is -0.404. The molecule has 0 spiro atoms. The molecule has 0 aliphatic heterocycles. The molecule has 0 bridgehead atoms. The molecule has 1 amide bonds. The molecule has 0 radical (unpaired) electrons. The number of esters is 1. The monoisotopic (exact) mass is 335 g/mol. The Morgan fingerprint density at radius 2 is 2.27 bits per heavy atom. The zero-order valence-corrected chi connectivity index (χ0v) is 13.9. The van der Waals surface area contributed by atoms with Crippen molar-refractivity contribution < 1.29 is 14.3 Å². The van der Waals surface area contributed by atoms with E-state index in [0.717, 1.165) is 17.7 Å². The maximum Gasteiger partial charge on any atom is 0.348 e. The molecule has 0 saturated heterocycles. The molecule has 2 heterocycles. The lowest BCUT2D eigenvalue weighted by molar-refractivity contribution is -0.124. The standard InChI is InChI=1S/C16H17NO3S2/c1-10(12-6-3-7-21-12)17-15(18)9-20-16(19)14-8-11-4-2-5-13(11)22-14/h3,6-8,10H,2,4-5,9H2,1H3,(H,17,18)/t10-/m1/s1. The molecule has 0 saturated carbocycles. The van der Waals surface area contributed by atoms with E-state index >= 15 is 0 Å². The summed E-state index contributed by atoms with van der Waals surface area (Å²) >= 11 is 3.08.